The summed E-state index contributed by atoms with van der Waals surface area (Å²) < 4.78 is 0. The van der Waals surface area contributed by atoms with Crippen molar-refractivity contribution in [2.24, 2.45) is 5.41 Å². The van der Waals surface area contributed by atoms with Crippen molar-refractivity contribution in [2.75, 3.05) is 0 Å². The molecule has 3 heteroatoms. The summed E-state index contributed by atoms with van der Waals surface area (Å²) in [6.45, 7) is 11.0. The van der Waals surface area contributed by atoms with E-state index in [0.717, 1.165) is 12.8 Å². The summed E-state index contributed by atoms with van der Waals surface area (Å²) in [5, 5.41) is 0. The molecule has 0 saturated carbocycles. The quantitative estimate of drug-likeness (QED) is 0.504. The lowest BCUT2D eigenvalue weighted by molar-refractivity contribution is 0.0903. The van der Waals surface area contributed by atoms with Gasteiger partial charge < -0.3 is 0 Å². The van der Waals surface area contributed by atoms with Crippen LogP contribution in [0.4, 0.5) is 0 Å². The molecule has 1 atom stereocenters. The Hall–Kier alpha value is -1.35. The lowest BCUT2D eigenvalue weighted by Gasteiger charge is -2.31. The molecule has 0 aliphatic rings. The number of rotatable bonds is 9. The van der Waals surface area contributed by atoms with E-state index < -0.39 is 0 Å². The van der Waals surface area contributed by atoms with Crippen LogP contribution < -0.4 is 10.9 Å². The fourth-order valence-electron chi connectivity index (χ4n) is 2.61. The van der Waals surface area contributed by atoms with E-state index in [1.54, 1.807) is 0 Å². The zero-order valence-electron chi connectivity index (χ0n) is 15.5. The number of nitrogens with one attached hydrogen (secondary N) is 2. The molecule has 0 saturated heterocycles. The average molecular weight is 319 g/mol. The second kappa shape index (κ2) is 9.71. The second-order valence-electron chi connectivity index (χ2n) is 7.42. The largest absolute Gasteiger partial charge is 0.287 e. The van der Waals surface area contributed by atoms with Crippen molar-refractivity contribution >= 4 is 5.91 Å². The first-order chi connectivity index (χ1) is 10.9. The maximum Gasteiger partial charge on any atom is 0.265 e. The SMILES string of the molecule is CCCCCCC(NNC(=O)c1ccc(CC)cc1)C(C)(C)C. The molecule has 0 aromatic heterocycles. The maximum absolute atomic E-state index is 12.3. The zero-order valence-corrected chi connectivity index (χ0v) is 15.5. The minimum Gasteiger partial charge on any atom is -0.287 e. The number of unbranched alkanes of at least 4 members (excludes halogenated alkanes) is 3. The Morgan fingerprint density at radius 1 is 1.04 bits per heavy atom. The molecule has 1 unspecified atom stereocenters. The van der Waals surface area contributed by atoms with Gasteiger partial charge in [0.05, 0.1) is 0 Å². The Bertz CT molecular complexity index is 460. The summed E-state index contributed by atoms with van der Waals surface area (Å²) in [7, 11) is 0. The minimum atomic E-state index is -0.0598. The summed E-state index contributed by atoms with van der Waals surface area (Å²) >= 11 is 0. The van der Waals surface area contributed by atoms with Crippen molar-refractivity contribution in [1.82, 2.24) is 10.9 Å². The fourth-order valence-corrected chi connectivity index (χ4v) is 2.61. The Balaban J connectivity index is 2.53. The van der Waals surface area contributed by atoms with Crippen LogP contribution in [-0.2, 0) is 6.42 Å². The highest BCUT2D eigenvalue weighted by atomic mass is 16.2. The van der Waals surface area contributed by atoms with Crippen LogP contribution >= 0.6 is 0 Å². The number of aryl methyl sites for hydroxylation is 1. The molecule has 0 aliphatic carbocycles. The number of hydrogen-bond donors (Lipinski definition) is 2. The topological polar surface area (TPSA) is 41.1 Å². The highest BCUT2D eigenvalue weighted by Crippen LogP contribution is 2.23. The van der Waals surface area contributed by atoms with Crippen molar-refractivity contribution in [2.45, 2.75) is 79.2 Å². The molecule has 23 heavy (non-hydrogen) atoms. The molecule has 130 valence electrons. The van der Waals surface area contributed by atoms with Crippen LogP contribution in [0.1, 0.15) is 82.6 Å². The van der Waals surface area contributed by atoms with Crippen LogP contribution in [0.3, 0.4) is 0 Å². The molecular formula is C20H34N2O. The van der Waals surface area contributed by atoms with E-state index in [1.807, 2.05) is 24.3 Å². The van der Waals surface area contributed by atoms with Crippen LogP contribution in [0.25, 0.3) is 0 Å². The van der Waals surface area contributed by atoms with Crippen molar-refractivity contribution in [3.05, 3.63) is 35.4 Å². The summed E-state index contributed by atoms with van der Waals surface area (Å²) in [5.41, 5.74) is 8.23. The Morgan fingerprint density at radius 2 is 1.70 bits per heavy atom. The molecular weight excluding hydrogens is 284 g/mol. The first-order valence-electron chi connectivity index (χ1n) is 9.03. The number of carbonyl (C=O) groups excluding carboxylic acids is 1. The molecule has 0 aliphatic heterocycles. The van der Waals surface area contributed by atoms with Crippen molar-refractivity contribution < 1.29 is 4.79 Å². The van der Waals surface area contributed by atoms with Crippen molar-refractivity contribution in [3.63, 3.8) is 0 Å². The lowest BCUT2D eigenvalue weighted by Crippen LogP contribution is -2.50. The van der Waals surface area contributed by atoms with Gasteiger partial charge in [0.1, 0.15) is 0 Å². The van der Waals surface area contributed by atoms with Crippen molar-refractivity contribution in [3.8, 4) is 0 Å². The normalized spacial score (nSPS) is 12.9. The zero-order chi connectivity index (χ0) is 17.3. The van der Waals surface area contributed by atoms with Gasteiger partial charge in [-0.15, -0.1) is 0 Å². The van der Waals surface area contributed by atoms with Gasteiger partial charge in [-0.3, -0.25) is 10.2 Å². The standard InChI is InChI=1S/C20H34N2O/c1-6-8-9-10-11-18(20(3,4)5)21-22-19(23)17-14-12-16(7-2)13-15-17/h12-15,18,21H,6-11H2,1-5H3,(H,22,23). The van der Waals surface area contributed by atoms with E-state index in [2.05, 4.69) is 45.5 Å². The van der Waals surface area contributed by atoms with Gasteiger partial charge in [-0.2, -0.15) is 0 Å². The van der Waals surface area contributed by atoms with Crippen LogP contribution in [0.5, 0.6) is 0 Å². The molecule has 1 rings (SSSR count). The first-order valence-corrected chi connectivity index (χ1v) is 9.03. The number of amides is 1. The molecule has 0 heterocycles. The van der Waals surface area contributed by atoms with Crippen LogP contribution in [0.15, 0.2) is 24.3 Å². The van der Waals surface area contributed by atoms with E-state index in [9.17, 15) is 4.79 Å². The van der Waals surface area contributed by atoms with Gasteiger partial charge >= 0.3 is 0 Å². The van der Waals surface area contributed by atoms with Gasteiger partial charge in [0.15, 0.2) is 0 Å². The van der Waals surface area contributed by atoms with Gasteiger partial charge in [0.2, 0.25) is 0 Å². The Morgan fingerprint density at radius 3 is 2.22 bits per heavy atom. The van der Waals surface area contributed by atoms with E-state index in [4.69, 9.17) is 0 Å². The summed E-state index contributed by atoms with van der Waals surface area (Å²) in [5.74, 6) is -0.0598. The molecule has 2 N–H and O–H groups in total. The van der Waals surface area contributed by atoms with Gasteiger partial charge in [0, 0.05) is 11.6 Å². The third kappa shape index (κ3) is 7.17. The fraction of sp³-hybridized carbons (Fsp3) is 0.650. The van der Waals surface area contributed by atoms with E-state index in [-0.39, 0.29) is 17.4 Å². The molecule has 0 radical (unpaired) electrons. The van der Waals surface area contributed by atoms with Gasteiger partial charge in [-0.05, 0) is 36.0 Å². The molecule has 1 aromatic carbocycles. The number of hydrazine groups is 1. The minimum absolute atomic E-state index is 0.0598. The number of hydrogen-bond acceptors (Lipinski definition) is 2. The molecule has 0 fully saturated rings. The average Bonchev–Trinajstić information content (AvgIpc) is 2.52. The third-order valence-corrected chi connectivity index (χ3v) is 4.38. The van der Waals surface area contributed by atoms with Crippen molar-refractivity contribution in [1.29, 1.82) is 0 Å². The molecule has 1 amide bonds. The van der Waals surface area contributed by atoms with E-state index in [1.165, 1.54) is 31.2 Å². The Labute approximate surface area is 142 Å². The molecule has 3 nitrogen and oxygen atoms in total. The Kier molecular flexibility index (Phi) is 8.32. The highest BCUT2D eigenvalue weighted by molar-refractivity contribution is 5.93. The van der Waals surface area contributed by atoms with E-state index in [0.29, 0.717) is 5.56 Å². The predicted molar refractivity (Wildman–Crippen MR) is 98.4 cm³/mol. The first kappa shape index (κ1) is 19.7. The maximum atomic E-state index is 12.3. The predicted octanol–water partition coefficient (Wildman–Crippen LogP) is 4.87. The number of carbonyl (C=O) groups is 1. The lowest BCUT2D eigenvalue weighted by atomic mass is 9.84. The highest BCUT2D eigenvalue weighted by Gasteiger charge is 2.24. The van der Waals surface area contributed by atoms with Crippen LogP contribution in [-0.4, -0.2) is 11.9 Å². The van der Waals surface area contributed by atoms with Crippen LogP contribution in [0.2, 0.25) is 0 Å². The van der Waals surface area contributed by atoms with Gasteiger partial charge in [0.25, 0.3) is 5.91 Å². The molecule has 0 bridgehead atoms. The summed E-state index contributed by atoms with van der Waals surface area (Å²) in [4.78, 5) is 12.3. The van der Waals surface area contributed by atoms with Crippen LogP contribution in [0, 0.1) is 5.41 Å². The smallest absolute Gasteiger partial charge is 0.265 e. The van der Waals surface area contributed by atoms with Gasteiger partial charge in [-0.25, -0.2) is 5.43 Å². The monoisotopic (exact) mass is 318 g/mol. The van der Waals surface area contributed by atoms with Gasteiger partial charge in [-0.1, -0.05) is 72.4 Å². The second-order valence-corrected chi connectivity index (χ2v) is 7.42. The molecule has 1 aromatic rings. The summed E-state index contributed by atoms with van der Waals surface area (Å²) in [6, 6.07) is 8.09. The summed E-state index contributed by atoms with van der Waals surface area (Å²) in [6.07, 6.45) is 7.06. The molecule has 0 spiro atoms. The number of benzene rings is 1. The van der Waals surface area contributed by atoms with E-state index >= 15 is 0 Å². The third-order valence-electron chi connectivity index (χ3n) is 4.38.